The molecule has 0 aliphatic heterocycles. The molecule has 6 nitrogen and oxygen atoms in total. The summed E-state index contributed by atoms with van der Waals surface area (Å²) in [5.74, 6) is 2.10. The molecule has 6 heteroatoms. The van der Waals surface area contributed by atoms with Gasteiger partial charge in [0.25, 0.3) is 5.91 Å². The van der Waals surface area contributed by atoms with Crippen molar-refractivity contribution in [1.29, 1.82) is 0 Å². The molecule has 2 N–H and O–H groups in total. The Hall–Kier alpha value is -2.24. The summed E-state index contributed by atoms with van der Waals surface area (Å²) in [4.78, 5) is 17.7. The maximum Gasteiger partial charge on any atom is 0.259 e. The van der Waals surface area contributed by atoms with Gasteiger partial charge in [-0.1, -0.05) is 26.0 Å². The molecule has 0 spiro atoms. The number of carbonyl (C=O) groups excluding carboxylic acids is 1. The highest BCUT2D eigenvalue weighted by molar-refractivity contribution is 5.79. The zero-order valence-corrected chi connectivity index (χ0v) is 16.1. The zero-order chi connectivity index (χ0) is 18.7. The number of aliphatic imine (C=N–C) groups is 1. The molecule has 1 rings (SSSR count). The number of hydrogen-bond donors (Lipinski definition) is 2. The molecule has 0 bridgehead atoms. The molecule has 0 aromatic heterocycles. The highest BCUT2D eigenvalue weighted by Crippen LogP contribution is 2.14. The lowest BCUT2D eigenvalue weighted by atomic mass is 10.1. The van der Waals surface area contributed by atoms with E-state index in [9.17, 15) is 4.79 Å². The van der Waals surface area contributed by atoms with Crippen molar-refractivity contribution in [3.8, 4) is 5.75 Å². The van der Waals surface area contributed by atoms with Crippen LogP contribution in [-0.2, 0) is 11.3 Å². The first-order chi connectivity index (χ1) is 11.9. The van der Waals surface area contributed by atoms with Gasteiger partial charge < -0.3 is 20.3 Å². The van der Waals surface area contributed by atoms with Crippen molar-refractivity contribution in [2.75, 3.05) is 33.8 Å². The lowest BCUT2D eigenvalue weighted by Crippen LogP contribution is -2.38. The molecule has 0 aliphatic carbocycles. The van der Waals surface area contributed by atoms with E-state index < -0.39 is 0 Å². The minimum atomic E-state index is -0.0628. The van der Waals surface area contributed by atoms with Crippen LogP contribution in [0.25, 0.3) is 0 Å². The van der Waals surface area contributed by atoms with E-state index in [1.807, 2.05) is 24.3 Å². The van der Waals surface area contributed by atoms with Gasteiger partial charge in [0.15, 0.2) is 12.6 Å². The third kappa shape index (κ3) is 8.98. The lowest BCUT2D eigenvalue weighted by molar-refractivity contribution is -0.130. The molecule has 0 radical (unpaired) electrons. The number of likely N-dealkylation sites (N-methyl/N-ethyl adjacent to an activating group) is 1. The van der Waals surface area contributed by atoms with Crippen LogP contribution in [0.1, 0.15) is 32.8 Å². The van der Waals surface area contributed by atoms with Crippen LogP contribution < -0.4 is 15.4 Å². The number of amides is 1. The summed E-state index contributed by atoms with van der Waals surface area (Å²) in [6, 6.07) is 7.69. The van der Waals surface area contributed by atoms with Crippen LogP contribution in [0.5, 0.6) is 5.75 Å². The van der Waals surface area contributed by atoms with Gasteiger partial charge in [0, 0.05) is 27.2 Å². The summed E-state index contributed by atoms with van der Waals surface area (Å²) >= 11 is 0. The van der Waals surface area contributed by atoms with E-state index in [1.54, 1.807) is 14.1 Å². The number of nitrogens with zero attached hydrogens (tertiary/aromatic N) is 2. The van der Waals surface area contributed by atoms with Gasteiger partial charge in [-0.25, -0.2) is 4.99 Å². The third-order valence-corrected chi connectivity index (χ3v) is 3.54. The zero-order valence-electron chi connectivity index (χ0n) is 16.1. The Balaban J connectivity index is 2.60. The fourth-order valence-corrected chi connectivity index (χ4v) is 2.00. The highest BCUT2D eigenvalue weighted by atomic mass is 16.5. The van der Waals surface area contributed by atoms with E-state index in [0.717, 1.165) is 31.0 Å². The Kier molecular flexibility index (Phi) is 9.43. The number of hydrogen-bond acceptors (Lipinski definition) is 3. The van der Waals surface area contributed by atoms with Crippen LogP contribution >= 0.6 is 0 Å². The Bertz CT molecular complexity index is 556. The molecule has 0 atom stereocenters. The topological polar surface area (TPSA) is 66.0 Å². The van der Waals surface area contributed by atoms with Crippen LogP contribution in [0.15, 0.2) is 29.3 Å². The second-order valence-corrected chi connectivity index (χ2v) is 6.53. The van der Waals surface area contributed by atoms with E-state index in [0.29, 0.717) is 18.2 Å². The second kappa shape index (κ2) is 11.3. The van der Waals surface area contributed by atoms with Gasteiger partial charge in [-0.05, 0) is 37.0 Å². The smallest absolute Gasteiger partial charge is 0.259 e. The first-order valence-electron chi connectivity index (χ1n) is 8.86. The second-order valence-electron chi connectivity index (χ2n) is 6.53. The third-order valence-electron chi connectivity index (χ3n) is 3.54. The van der Waals surface area contributed by atoms with Gasteiger partial charge in [-0.3, -0.25) is 4.79 Å². The highest BCUT2D eigenvalue weighted by Gasteiger charge is 2.05. The summed E-state index contributed by atoms with van der Waals surface area (Å²) in [5.41, 5.74) is 1.04. The van der Waals surface area contributed by atoms with Crippen molar-refractivity contribution in [2.45, 2.75) is 33.7 Å². The van der Waals surface area contributed by atoms with Gasteiger partial charge in [-0.2, -0.15) is 0 Å². The number of carbonyl (C=O) groups is 1. The van der Waals surface area contributed by atoms with E-state index in [4.69, 9.17) is 4.74 Å². The van der Waals surface area contributed by atoms with E-state index >= 15 is 0 Å². The van der Waals surface area contributed by atoms with Crippen molar-refractivity contribution < 1.29 is 9.53 Å². The Morgan fingerprint density at radius 3 is 2.68 bits per heavy atom. The van der Waals surface area contributed by atoms with Crippen molar-refractivity contribution >= 4 is 11.9 Å². The molecule has 0 fully saturated rings. The molecular formula is C19H32N4O2. The fraction of sp³-hybridized carbons (Fsp3) is 0.579. The Morgan fingerprint density at radius 1 is 1.28 bits per heavy atom. The van der Waals surface area contributed by atoms with Crippen LogP contribution in [0.4, 0.5) is 0 Å². The van der Waals surface area contributed by atoms with Crippen molar-refractivity contribution in [1.82, 2.24) is 15.5 Å². The summed E-state index contributed by atoms with van der Waals surface area (Å²) in [6.45, 7) is 8.78. The van der Waals surface area contributed by atoms with E-state index in [1.165, 1.54) is 4.90 Å². The van der Waals surface area contributed by atoms with E-state index in [-0.39, 0.29) is 12.5 Å². The quantitative estimate of drug-likeness (QED) is 0.531. The van der Waals surface area contributed by atoms with Crippen LogP contribution in [0.2, 0.25) is 0 Å². The minimum absolute atomic E-state index is 0.0408. The fourth-order valence-electron chi connectivity index (χ4n) is 2.00. The standard InChI is InChI=1S/C19H32N4O2/c1-6-20-19(21-11-10-15(2)3)22-13-16-8-7-9-17(12-16)25-14-18(24)23(4)5/h7-9,12,15H,6,10-11,13-14H2,1-5H3,(H2,20,21,22). The average Bonchev–Trinajstić information content (AvgIpc) is 2.57. The predicted octanol–water partition coefficient (Wildman–Crippen LogP) is 2.25. The molecule has 0 saturated carbocycles. The summed E-state index contributed by atoms with van der Waals surface area (Å²) in [6.07, 6.45) is 1.10. The number of rotatable bonds is 9. The normalized spacial score (nSPS) is 11.4. The monoisotopic (exact) mass is 348 g/mol. The van der Waals surface area contributed by atoms with Gasteiger partial charge >= 0.3 is 0 Å². The molecular weight excluding hydrogens is 316 g/mol. The number of ether oxygens (including phenoxy) is 1. The first kappa shape index (κ1) is 20.8. The van der Waals surface area contributed by atoms with Gasteiger partial charge in [0.1, 0.15) is 5.75 Å². The van der Waals surface area contributed by atoms with E-state index in [2.05, 4.69) is 36.4 Å². The molecule has 0 aliphatic rings. The summed E-state index contributed by atoms with van der Waals surface area (Å²) in [7, 11) is 3.43. The maximum atomic E-state index is 11.6. The molecule has 0 saturated heterocycles. The molecule has 25 heavy (non-hydrogen) atoms. The van der Waals surface area contributed by atoms with Gasteiger partial charge in [-0.15, -0.1) is 0 Å². The molecule has 1 amide bonds. The largest absolute Gasteiger partial charge is 0.484 e. The average molecular weight is 348 g/mol. The van der Waals surface area contributed by atoms with Crippen LogP contribution in [0, 0.1) is 5.92 Å². The van der Waals surface area contributed by atoms with Gasteiger partial charge in [0.05, 0.1) is 6.54 Å². The Labute approximate surface area is 151 Å². The van der Waals surface area contributed by atoms with Crippen LogP contribution in [-0.4, -0.2) is 50.6 Å². The molecule has 1 aromatic carbocycles. The van der Waals surface area contributed by atoms with Crippen molar-refractivity contribution in [2.24, 2.45) is 10.9 Å². The molecule has 0 heterocycles. The van der Waals surface area contributed by atoms with Gasteiger partial charge in [0.2, 0.25) is 0 Å². The molecule has 0 unspecified atom stereocenters. The van der Waals surface area contributed by atoms with Crippen molar-refractivity contribution in [3.63, 3.8) is 0 Å². The van der Waals surface area contributed by atoms with Crippen molar-refractivity contribution in [3.05, 3.63) is 29.8 Å². The molecule has 140 valence electrons. The summed E-state index contributed by atoms with van der Waals surface area (Å²) < 4.78 is 5.54. The van der Waals surface area contributed by atoms with Crippen LogP contribution in [0.3, 0.4) is 0 Å². The summed E-state index contributed by atoms with van der Waals surface area (Å²) in [5, 5.41) is 6.60. The SMILES string of the molecule is CCNC(=NCc1cccc(OCC(=O)N(C)C)c1)NCCC(C)C. The maximum absolute atomic E-state index is 11.6. The minimum Gasteiger partial charge on any atom is -0.484 e. The number of guanidine groups is 1. The molecule has 1 aromatic rings. The predicted molar refractivity (Wildman–Crippen MR) is 103 cm³/mol. The lowest BCUT2D eigenvalue weighted by Gasteiger charge is -2.13. The number of nitrogens with one attached hydrogen (secondary N) is 2. The number of benzene rings is 1. The first-order valence-corrected chi connectivity index (χ1v) is 8.86. The Morgan fingerprint density at radius 2 is 2.04 bits per heavy atom.